The summed E-state index contributed by atoms with van der Waals surface area (Å²) in [6.45, 7) is 3.31. The summed E-state index contributed by atoms with van der Waals surface area (Å²) in [6.07, 6.45) is 0.467. The highest BCUT2D eigenvalue weighted by Crippen LogP contribution is 1.76. The van der Waals surface area contributed by atoms with Crippen LogP contribution >= 0.6 is 0 Å². The van der Waals surface area contributed by atoms with E-state index in [-0.39, 0.29) is 18.4 Å². The number of rotatable bonds is 9. The van der Waals surface area contributed by atoms with Crippen molar-refractivity contribution in [3.05, 3.63) is 0 Å². The number of hydrogen-bond donors (Lipinski definition) is 3. The Morgan fingerprint density at radius 1 is 1.12 bits per heavy atom. The van der Waals surface area contributed by atoms with Gasteiger partial charge in [-0.25, -0.2) is 5.90 Å². The normalized spacial score (nSPS) is 9.88. The minimum atomic E-state index is -0.287. The van der Waals surface area contributed by atoms with Gasteiger partial charge >= 0.3 is 0 Å². The van der Waals surface area contributed by atoms with Crippen LogP contribution < -0.4 is 16.5 Å². The molecule has 7 heteroatoms. The zero-order chi connectivity index (χ0) is 12.2. The summed E-state index contributed by atoms with van der Waals surface area (Å²) in [4.78, 5) is 25.8. The fourth-order valence-corrected chi connectivity index (χ4v) is 0.879. The van der Waals surface area contributed by atoms with E-state index in [1.54, 1.807) is 6.92 Å². The van der Waals surface area contributed by atoms with Crippen LogP contribution in [-0.2, 0) is 19.2 Å². The van der Waals surface area contributed by atoms with E-state index in [2.05, 4.69) is 15.5 Å². The van der Waals surface area contributed by atoms with E-state index in [1.165, 1.54) is 0 Å². The molecular weight excluding hydrogens is 214 g/mol. The van der Waals surface area contributed by atoms with Gasteiger partial charge in [0.15, 0.2) is 0 Å². The number of hydrogen-bond acceptors (Lipinski definition) is 5. The van der Waals surface area contributed by atoms with Crippen LogP contribution in [0, 0.1) is 0 Å². The first-order valence-corrected chi connectivity index (χ1v) is 5.13. The zero-order valence-corrected chi connectivity index (χ0v) is 9.45. The van der Waals surface area contributed by atoms with E-state index in [0.717, 1.165) is 0 Å². The first-order chi connectivity index (χ1) is 7.70. The van der Waals surface area contributed by atoms with Gasteiger partial charge in [0, 0.05) is 19.5 Å². The maximum atomic E-state index is 10.8. The number of ether oxygens (including phenoxy) is 1. The number of carbonyl (C=O) groups is 2. The third-order valence-corrected chi connectivity index (χ3v) is 1.67. The van der Waals surface area contributed by atoms with Crippen LogP contribution in [-0.4, -0.2) is 44.7 Å². The molecule has 4 N–H and O–H groups in total. The molecule has 0 radical (unpaired) electrons. The Balaban J connectivity index is 3.15. The number of amides is 2. The fourth-order valence-electron chi connectivity index (χ4n) is 0.879. The molecule has 94 valence electrons. The molecule has 0 unspecified atom stereocenters. The van der Waals surface area contributed by atoms with Gasteiger partial charge in [-0.2, -0.15) is 0 Å². The van der Waals surface area contributed by atoms with Crippen LogP contribution in [0.4, 0.5) is 0 Å². The topological polar surface area (TPSA) is 103 Å². The standard InChI is InChI=1S/C9H19N3O4/c1-2-8(13)11-3-5-15-6-4-12-9(14)7-16-10/h2-7,10H2,1H3,(H,11,13)(H,12,14). The van der Waals surface area contributed by atoms with Crippen LogP contribution in [0.2, 0.25) is 0 Å². The van der Waals surface area contributed by atoms with E-state index in [4.69, 9.17) is 10.6 Å². The number of carbonyl (C=O) groups excluding carboxylic acids is 2. The monoisotopic (exact) mass is 233 g/mol. The quantitative estimate of drug-likeness (QED) is 0.333. The SMILES string of the molecule is CCC(=O)NCCOCCNC(=O)CON. The van der Waals surface area contributed by atoms with Crippen molar-refractivity contribution in [1.82, 2.24) is 10.6 Å². The Hall–Kier alpha value is -1.18. The second-order valence-corrected chi connectivity index (χ2v) is 2.98. The molecule has 0 atom stereocenters. The van der Waals surface area contributed by atoms with Crippen molar-refractivity contribution in [1.29, 1.82) is 0 Å². The van der Waals surface area contributed by atoms with Crippen molar-refractivity contribution < 1.29 is 19.2 Å². The van der Waals surface area contributed by atoms with Gasteiger partial charge in [-0.15, -0.1) is 0 Å². The third-order valence-electron chi connectivity index (χ3n) is 1.67. The lowest BCUT2D eigenvalue weighted by Crippen LogP contribution is -2.32. The summed E-state index contributed by atoms with van der Waals surface area (Å²) in [7, 11) is 0. The van der Waals surface area contributed by atoms with Crippen molar-refractivity contribution in [2.24, 2.45) is 5.90 Å². The van der Waals surface area contributed by atoms with Gasteiger partial charge < -0.3 is 15.4 Å². The molecule has 7 nitrogen and oxygen atoms in total. The molecule has 16 heavy (non-hydrogen) atoms. The van der Waals surface area contributed by atoms with Crippen molar-refractivity contribution in [2.75, 3.05) is 32.9 Å². The highest BCUT2D eigenvalue weighted by Gasteiger charge is 1.98. The maximum Gasteiger partial charge on any atom is 0.248 e. The molecule has 0 fully saturated rings. The molecule has 2 amide bonds. The van der Waals surface area contributed by atoms with Crippen molar-refractivity contribution in [3.8, 4) is 0 Å². The van der Waals surface area contributed by atoms with Crippen LogP contribution in [0.15, 0.2) is 0 Å². The molecule has 0 spiro atoms. The zero-order valence-electron chi connectivity index (χ0n) is 9.45. The lowest BCUT2D eigenvalue weighted by atomic mass is 10.4. The van der Waals surface area contributed by atoms with Crippen LogP contribution in [0.3, 0.4) is 0 Å². The second kappa shape index (κ2) is 10.3. The highest BCUT2D eigenvalue weighted by molar-refractivity contribution is 5.77. The van der Waals surface area contributed by atoms with E-state index in [9.17, 15) is 9.59 Å². The summed E-state index contributed by atoms with van der Waals surface area (Å²) in [5.74, 6) is 4.42. The molecule has 0 aliphatic heterocycles. The fraction of sp³-hybridized carbons (Fsp3) is 0.778. The number of nitrogens with one attached hydrogen (secondary N) is 2. The maximum absolute atomic E-state index is 10.8. The van der Waals surface area contributed by atoms with E-state index >= 15 is 0 Å². The smallest absolute Gasteiger partial charge is 0.248 e. The number of nitrogens with two attached hydrogens (primary N) is 1. The van der Waals surface area contributed by atoms with Gasteiger partial charge in [0.1, 0.15) is 6.61 Å². The minimum Gasteiger partial charge on any atom is -0.378 e. The van der Waals surface area contributed by atoms with E-state index in [0.29, 0.717) is 32.7 Å². The summed E-state index contributed by atoms with van der Waals surface area (Å²) in [5.41, 5.74) is 0. The molecule has 0 bridgehead atoms. The average molecular weight is 233 g/mol. The molecule has 0 aliphatic carbocycles. The average Bonchev–Trinajstić information content (AvgIpc) is 2.27. The van der Waals surface area contributed by atoms with Gasteiger partial charge in [0.2, 0.25) is 11.8 Å². The van der Waals surface area contributed by atoms with Gasteiger partial charge in [-0.05, 0) is 0 Å². The Morgan fingerprint density at radius 2 is 1.69 bits per heavy atom. The lowest BCUT2D eigenvalue weighted by Gasteiger charge is -2.06. The van der Waals surface area contributed by atoms with Crippen LogP contribution in [0.25, 0.3) is 0 Å². The second-order valence-electron chi connectivity index (χ2n) is 2.98. The van der Waals surface area contributed by atoms with Crippen molar-refractivity contribution in [3.63, 3.8) is 0 Å². The minimum absolute atomic E-state index is 0.00278. The van der Waals surface area contributed by atoms with Crippen LogP contribution in [0.5, 0.6) is 0 Å². The Labute approximate surface area is 94.6 Å². The Morgan fingerprint density at radius 3 is 2.19 bits per heavy atom. The molecule has 0 saturated heterocycles. The van der Waals surface area contributed by atoms with Gasteiger partial charge in [0.05, 0.1) is 13.2 Å². The Bertz CT molecular complexity index is 211. The Kier molecular flexibility index (Phi) is 9.58. The van der Waals surface area contributed by atoms with Crippen LogP contribution in [0.1, 0.15) is 13.3 Å². The first-order valence-electron chi connectivity index (χ1n) is 5.13. The third kappa shape index (κ3) is 9.38. The molecule has 0 aromatic rings. The molecule has 0 aromatic carbocycles. The van der Waals surface area contributed by atoms with Gasteiger partial charge in [0.25, 0.3) is 0 Å². The van der Waals surface area contributed by atoms with E-state index in [1.807, 2.05) is 0 Å². The first kappa shape index (κ1) is 14.8. The van der Waals surface area contributed by atoms with Crippen molar-refractivity contribution in [2.45, 2.75) is 13.3 Å². The van der Waals surface area contributed by atoms with Gasteiger partial charge in [-0.3, -0.25) is 14.4 Å². The molecule has 0 aliphatic rings. The van der Waals surface area contributed by atoms with Crippen molar-refractivity contribution >= 4 is 11.8 Å². The molecule has 0 rings (SSSR count). The lowest BCUT2D eigenvalue weighted by molar-refractivity contribution is -0.126. The van der Waals surface area contributed by atoms with E-state index < -0.39 is 0 Å². The molecule has 0 saturated carbocycles. The van der Waals surface area contributed by atoms with Gasteiger partial charge in [-0.1, -0.05) is 6.92 Å². The molecule has 0 heterocycles. The summed E-state index contributed by atoms with van der Waals surface area (Å²) < 4.78 is 5.16. The molecular formula is C9H19N3O4. The summed E-state index contributed by atoms with van der Waals surface area (Å²) in [5, 5.41) is 5.20. The molecule has 0 aromatic heterocycles. The largest absolute Gasteiger partial charge is 0.378 e. The summed E-state index contributed by atoms with van der Waals surface area (Å²) >= 11 is 0. The highest BCUT2D eigenvalue weighted by atomic mass is 16.6. The summed E-state index contributed by atoms with van der Waals surface area (Å²) in [6, 6.07) is 0. The predicted molar refractivity (Wildman–Crippen MR) is 57.3 cm³/mol. The predicted octanol–water partition coefficient (Wildman–Crippen LogP) is -1.46.